The molecular formula is C38H44F6S. The normalized spacial score (nSPS) is 17.3. The smallest absolute Gasteiger partial charge is 0.166 e. The van der Waals surface area contributed by atoms with E-state index in [1.54, 1.807) is 53.7 Å². The highest BCUT2D eigenvalue weighted by Gasteiger charge is 2.39. The summed E-state index contributed by atoms with van der Waals surface area (Å²) in [5, 5.41) is 0. The van der Waals surface area contributed by atoms with Crippen LogP contribution in [-0.2, 0) is 23.2 Å². The topological polar surface area (TPSA) is 0 Å². The molecule has 0 heterocycles. The van der Waals surface area contributed by atoms with Crippen molar-refractivity contribution in [3.05, 3.63) is 57.6 Å². The first-order valence-electron chi connectivity index (χ1n) is 16.1. The summed E-state index contributed by atoms with van der Waals surface area (Å²) in [6.45, 7) is 10.4. The van der Waals surface area contributed by atoms with E-state index in [0.717, 1.165) is 76.3 Å². The van der Waals surface area contributed by atoms with Gasteiger partial charge in [0.15, 0.2) is 0 Å². The van der Waals surface area contributed by atoms with E-state index in [9.17, 15) is 26.3 Å². The van der Waals surface area contributed by atoms with Gasteiger partial charge in [-0.25, -0.2) is 0 Å². The Labute approximate surface area is 269 Å². The molecule has 2 saturated carbocycles. The van der Waals surface area contributed by atoms with Gasteiger partial charge in [0, 0.05) is 32.8 Å². The maximum atomic E-state index is 14.4. The number of halogens is 6. The lowest BCUT2D eigenvalue weighted by atomic mass is 9.82. The predicted octanol–water partition coefficient (Wildman–Crippen LogP) is 12.3. The standard InChI is InChI=1S/C38H44F6S/c1-35(2,3)29-23-33(27(21-31(29)37(39,40)41)19-17-25-13-9-7-10-14-25)45-34-24-30(36(4,5)6)32(38(42,43)44)22-28(34)20-18-26-15-11-8-12-16-26/h21-26H,7-16H2,1-6H3. The van der Waals surface area contributed by atoms with Crippen molar-refractivity contribution >= 4 is 11.8 Å². The molecule has 2 fully saturated rings. The van der Waals surface area contributed by atoms with Crippen LogP contribution in [0.4, 0.5) is 26.3 Å². The van der Waals surface area contributed by atoms with Gasteiger partial charge in [0.25, 0.3) is 0 Å². The van der Waals surface area contributed by atoms with Crippen LogP contribution in [0.5, 0.6) is 0 Å². The molecule has 0 aromatic heterocycles. The van der Waals surface area contributed by atoms with E-state index in [2.05, 4.69) is 23.7 Å². The summed E-state index contributed by atoms with van der Waals surface area (Å²) in [7, 11) is 0. The molecule has 2 aromatic carbocycles. The Morgan fingerprint density at radius 1 is 0.511 bits per heavy atom. The number of alkyl halides is 6. The van der Waals surface area contributed by atoms with E-state index in [0.29, 0.717) is 9.79 Å². The van der Waals surface area contributed by atoms with Crippen molar-refractivity contribution in [2.45, 2.75) is 139 Å². The highest BCUT2D eigenvalue weighted by molar-refractivity contribution is 7.99. The second-order valence-electron chi connectivity index (χ2n) is 14.6. The van der Waals surface area contributed by atoms with E-state index >= 15 is 0 Å². The van der Waals surface area contributed by atoms with Crippen LogP contribution in [-0.4, -0.2) is 0 Å². The fourth-order valence-electron chi connectivity index (χ4n) is 6.21. The first-order chi connectivity index (χ1) is 20.8. The Balaban J connectivity index is 1.95. The van der Waals surface area contributed by atoms with Gasteiger partial charge in [0.1, 0.15) is 0 Å². The van der Waals surface area contributed by atoms with Crippen LogP contribution in [0, 0.1) is 35.5 Å². The van der Waals surface area contributed by atoms with Gasteiger partial charge >= 0.3 is 12.4 Å². The molecular weight excluding hydrogens is 602 g/mol. The van der Waals surface area contributed by atoms with Crippen molar-refractivity contribution in [2.75, 3.05) is 0 Å². The zero-order valence-electron chi connectivity index (χ0n) is 27.2. The number of rotatable bonds is 2. The third kappa shape index (κ3) is 9.28. The van der Waals surface area contributed by atoms with Gasteiger partial charge in [-0.15, -0.1) is 0 Å². The lowest BCUT2D eigenvalue weighted by molar-refractivity contribution is -0.139. The summed E-state index contributed by atoms with van der Waals surface area (Å²) in [4.78, 5) is 0.994. The summed E-state index contributed by atoms with van der Waals surface area (Å²) in [6.07, 6.45) is 0.918. The molecule has 0 unspecified atom stereocenters. The largest absolute Gasteiger partial charge is 0.416 e. The fraction of sp³-hybridized carbons (Fsp3) is 0.579. The average molecular weight is 647 g/mol. The minimum atomic E-state index is -4.59. The van der Waals surface area contributed by atoms with Crippen molar-refractivity contribution < 1.29 is 26.3 Å². The molecule has 0 radical (unpaired) electrons. The van der Waals surface area contributed by atoms with Crippen molar-refractivity contribution in [3.8, 4) is 23.7 Å². The third-order valence-electron chi connectivity index (χ3n) is 8.72. The number of benzene rings is 2. The molecule has 0 nitrogen and oxygen atoms in total. The summed E-state index contributed by atoms with van der Waals surface area (Å²) in [5.74, 6) is 12.9. The first-order valence-corrected chi connectivity index (χ1v) is 16.9. The van der Waals surface area contributed by atoms with Gasteiger partial charge in [-0.1, -0.05) is 116 Å². The molecule has 2 aliphatic carbocycles. The Morgan fingerprint density at radius 2 is 0.844 bits per heavy atom. The van der Waals surface area contributed by atoms with E-state index in [-0.39, 0.29) is 34.1 Å². The molecule has 0 amide bonds. The van der Waals surface area contributed by atoms with Crippen LogP contribution in [0.15, 0.2) is 34.1 Å². The van der Waals surface area contributed by atoms with Crippen LogP contribution in [0.1, 0.15) is 139 Å². The monoisotopic (exact) mass is 646 g/mol. The molecule has 0 atom stereocenters. The van der Waals surface area contributed by atoms with Crippen LogP contribution in [0.25, 0.3) is 0 Å². The number of hydrogen-bond acceptors (Lipinski definition) is 1. The SMILES string of the molecule is CC(C)(C)c1cc(Sc2cc(C(C)(C)C)c(C(F)(F)F)cc2C#CC2CCCCC2)c(C#CC2CCCCC2)cc1C(F)(F)F. The molecule has 2 aliphatic rings. The van der Waals surface area contributed by atoms with Crippen LogP contribution >= 0.6 is 11.8 Å². The lowest BCUT2D eigenvalue weighted by Crippen LogP contribution is -2.20. The second-order valence-corrected chi connectivity index (χ2v) is 15.7. The summed E-state index contributed by atoms with van der Waals surface area (Å²) in [5.41, 5.74) is -2.40. The Hall–Kier alpha value is -2.51. The first kappa shape index (κ1) is 35.3. The van der Waals surface area contributed by atoms with Crippen LogP contribution in [0.2, 0.25) is 0 Å². The Kier molecular flexibility index (Phi) is 10.8. The molecule has 0 saturated heterocycles. The maximum absolute atomic E-state index is 14.4. The van der Waals surface area contributed by atoms with Gasteiger partial charge in [-0.05, 0) is 71.9 Å². The van der Waals surface area contributed by atoms with Crippen LogP contribution in [0.3, 0.4) is 0 Å². The second kappa shape index (κ2) is 13.7. The van der Waals surface area contributed by atoms with E-state index < -0.39 is 34.3 Å². The highest BCUT2D eigenvalue weighted by atomic mass is 32.2. The van der Waals surface area contributed by atoms with E-state index in [1.165, 1.54) is 11.8 Å². The van der Waals surface area contributed by atoms with Gasteiger partial charge in [0.05, 0.1) is 11.1 Å². The van der Waals surface area contributed by atoms with E-state index in [4.69, 9.17) is 0 Å². The average Bonchev–Trinajstić information content (AvgIpc) is 2.94. The third-order valence-corrected chi connectivity index (χ3v) is 9.83. The maximum Gasteiger partial charge on any atom is 0.416 e. The van der Waals surface area contributed by atoms with Crippen molar-refractivity contribution in [2.24, 2.45) is 11.8 Å². The molecule has 4 rings (SSSR count). The minimum absolute atomic E-state index is 0.115. The quantitative estimate of drug-likeness (QED) is 0.231. The molecule has 244 valence electrons. The molecule has 0 N–H and O–H groups in total. The minimum Gasteiger partial charge on any atom is -0.166 e. The fourth-order valence-corrected chi connectivity index (χ4v) is 7.24. The lowest BCUT2D eigenvalue weighted by Gasteiger charge is -2.27. The molecule has 0 aliphatic heterocycles. The summed E-state index contributed by atoms with van der Waals surface area (Å²) < 4.78 is 86.5. The molecule has 2 aromatic rings. The molecule has 0 spiro atoms. The zero-order chi connectivity index (χ0) is 33.2. The van der Waals surface area contributed by atoms with E-state index in [1.807, 2.05) is 0 Å². The summed E-state index contributed by atoms with van der Waals surface area (Å²) in [6, 6.07) is 5.37. The highest BCUT2D eigenvalue weighted by Crippen LogP contribution is 2.46. The molecule has 45 heavy (non-hydrogen) atoms. The van der Waals surface area contributed by atoms with Gasteiger partial charge in [-0.2, -0.15) is 26.3 Å². The van der Waals surface area contributed by atoms with Crippen molar-refractivity contribution in [3.63, 3.8) is 0 Å². The van der Waals surface area contributed by atoms with Crippen LogP contribution < -0.4 is 0 Å². The van der Waals surface area contributed by atoms with Gasteiger partial charge in [-0.3, -0.25) is 0 Å². The van der Waals surface area contributed by atoms with Gasteiger partial charge < -0.3 is 0 Å². The van der Waals surface area contributed by atoms with Crippen molar-refractivity contribution in [1.82, 2.24) is 0 Å². The Bertz CT molecular complexity index is 1370. The Morgan fingerprint density at radius 3 is 1.13 bits per heavy atom. The summed E-state index contributed by atoms with van der Waals surface area (Å²) >= 11 is 1.17. The van der Waals surface area contributed by atoms with Crippen molar-refractivity contribution in [1.29, 1.82) is 0 Å². The molecule has 0 bridgehead atoms. The van der Waals surface area contributed by atoms with Gasteiger partial charge in [0.2, 0.25) is 0 Å². The zero-order valence-corrected chi connectivity index (χ0v) is 28.0. The predicted molar refractivity (Wildman–Crippen MR) is 171 cm³/mol. The molecule has 7 heteroatoms. The number of hydrogen-bond donors (Lipinski definition) is 0.